The number of hydrogen-bond donors (Lipinski definition) is 3. The second-order valence-electron chi connectivity index (χ2n) is 4.95. The van der Waals surface area contributed by atoms with E-state index in [0.29, 0.717) is 35.8 Å². The molecule has 1 aromatic rings. The summed E-state index contributed by atoms with van der Waals surface area (Å²) in [5, 5.41) is 8.66. The summed E-state index contributed by atoms with van der Waals surface area (Å²) in [6.45, 7) is 5.60. The Kier molecular flexibility index (Phi) is 7.90. The molecule has 0 spiro atoms. The molecule has 0 aliphatic heterocycles. The molecule has 0 bridgehead atoms. The molecule has 1 rings (SSSR count). The molecule has 0 aliphatic carbocycles. The molecule has 0 fully saturated rings. The Hall–Kier alpha value is -2.28. The molecule has 0 aliphatic rings. The molecule has 23 heavy (non-hydrogen) atoms. The number of amides is 2. The van der Waals surface area contributed by atoms with Crippen LogP contribution in [0.5, 0.6) is 11.5 Å². The molecule has 2 amide bonds. The van der Waals surface area contributed by atoms with Crippen molar-refractivity contribution >= 4 is 17.5 Å². The van der Waals surface area contributed by atoms with E-state index in [1.807, 2.05) is 0 Å². The van der Waals surface area contributed by atoms with Gasteiger partial charge in [-0.25, -0.2) is 0 Å². The van der Waals surface area contributed by atoms with E-state index in [2.05, 4.69) is 22.9 Å². The Morgan fingerprint density at radius 1 is 1.09 bits per heavy atom. The lowest BCUT2D eigenvalue weighted by Gasteiger charge is -2.15. The van der Waals surface area contributed by atoms with Gasteiger partial charge in [0.1, 0.15) is 0 Å². The first-order valence-corrected chi connectivity index (χ1v) is 7.56. The van der Waals surface area contributed by atoms with E-state index in [1.54, 1.807) is 12.1 Å². The number of hydrogen-bond acceptors (Lipinski definition) is 5. The van der Waals surface area contributed by atoms with E-state index in [0.717, 1.165) is 13.0 Å². The highest BCUT2D eigenvalue weighted by molar-refractivity contribution is 5.99. The lowest BCUT2D eigenvalue weighted by molar-refractivity contribution is -0.114. The highest BCUT2D eigenvalue weighted by Crippen LogP contribution is 2.36. The molecule has 7 nitrogen and oxygen atoms in total. The van der Waals surface area contributed by atoms with Gasteiger partial charge in [-0.15, -0.1) is 0 Å². The van der Waals surface area contributed by atoms with Gasteiger partial charge in [-0.1, -0.05) is 6.92 Å². The van der Waals surface area contributed by atoms with Gasteiger partial charge in [0, 0.05) is 25.6 Å². The third-order valence-electron chi connectivity index (χ3n) is 3.07. The van der Waals surface area contributed by atoms with Gasteiger partial charge in [-0.05, 0) is 25.1 Å². The van der Waals surface area contributed by atoms with Crippen LogP contribution in [-0.2, 0) is 4.79 Å². The summed E-state index contributed by atoms with van der Waals surface area (Å²) in [4.78, 5) is 23.6. The van der Waals surface area contributed by atoms with Crippen molar-refractivity contribution in [2.75, 3.05) is 39.2 Å². The zero-order valence-electron chi connectivity index (χ0n) is 14.1. The number of ether oxygens (including phenoxy) is 2. The summed E-state index contributed by atoms with van der Waals surface area (Å²) in [6.07, 6.45) is 1.05. The highest BCUT2D eigenvalue weighted by Gasteiger charge is 2.16. The van der Waals surface area contributed by atoms with Crippen LogP contribution in [0.2, 0.25) is 0 Å². The van der Waals surface area contributed by atoms with Crippen LogP contribution in [0, 0.1) is 0 Å². The van der Waals surface area contributed by atoms with E-state index in [1.165, 1.54) is 21.1 Å². The fourth-order valence-electron chi connectivity index (χ4n) is 2.05. The van der Waals surface area contributed by atoms with Crippen molar-refractivity contribution in [3.63, 3.8) is 0 Å². The Morgan fingerprint density at radius 2 is 1.83 bits per heavy atom. The third-order valence-corrected chi connectivity index (χ3v) is 3.07. The molecule has 0 heterocycles. The Bertz CT molecular complexity index is 546. The maximum atomic E-state index is 12.2. The molecular weight excluding hydrogens is 298 g/mol. The zero-order valence-corrected chi connectivity index (χ0v) is 14.1. The number of anilines is 1. The molecule has 0 radical (unpaired) electrons. The van der Waals surface area contributed by atoms with Crippen molar-refractivity contribution in [3.05, 3.63) is 17.7 Å². The molecule has 0 unspecified atom stereocenters. The first kappa shape index (κ1) is 18.8. The second kappa shape index (κ2) is 9.68. The van der Waals surface area contributed by atoms with E-state index in [-0.39, 0.29) is 11.8 Å². The topological polar surface area (TPSA) is 88.7 Å². The fourth-order valence-corrected chi connectivity index (χ4v) is 2.05. The predicted octanol–water partition coefficient (Wildman–Crippen LogP) is 1.39. The van der Waals surface area contributed by atoms with Crippen LogP contribution in [0.25, 0.3) is 0 Å². The highest BCUT2D eigenvalue weighted by atomic mass is 16.5. The number of carbonyl (C=O) groups is 2. The number of nitrogens with one attached hydrogen (secondary N) is 3. The molecule has 128 valence electrons. The second-order valence-corrected chi connectivity index (χ2v) is 4.95. The number of carbonyl (C=O) groups excluding carboxylic acids is 2. The quantitative estimate of drug-likeness (QED) is 0.598. The molecular formula is C16H25N3O4. The summed E-state index contributed by atoms with van der Waals surface area (Å²) in [7, 11) is 2.95. The van der Waals surface area contributed by atoms with E-state index < -0.39 is 0 Å². The van der Waals surface area contributed by atoms with E-state index >= 15 is 0 Å². The number of methoxy groups -OCH3 is 2. The van der Waals surface area contributed by atoms with Gasteiger partial charge in [0.25, 0.3) is 5.91 Å². The number of rotatable bonds is 9. The summed E-state index contributed by atoms with van der Waals surface area (Å²) in [6, 6.07) is 3.15. The Labute approximate surface area is 136 Å². The van der Waals surface area contributed by atoms with Crippen molar-refractivity contribution in [2.45, 2.75) is 20.3 Å². The van der Waals surface area contributed by atoms with Crippen LogP contribution in [0.4, 0.5) is 5.69 Å². The number of benzene rings is 1. The molecule has 0 saturated heterocycles. The van der Waals surface area contributed by atoms with Crippen LogP contribution >= 0.6 is 0 Å². The van der Waals surface area contributed by atoms with Gasteiger partial charge in [-0.3, -0.25) is 9.59 Å². The van der Waals surface area contributed by atoms with Crippen LogP contribution in [0.15, 0.2) is 12.1 Å². The summed E-state index contributed by atoms with van der Waals surface area (Å²) >= 11 is 0. The minimum atomic E-state index is -0.258. The van der Waals surface area contributed by atoms with Crippen molar-refractivity contribution in [2.24, 2.45) is 0 Å². The smallest absolute Gasteiger partial charge is 0.251 e. The minimum absolute atomic E-state index is 0.240. The van der Waals surface area contributed by atoms with Crippen molar-refractivity contribution in [3.8, 4) is 11.5 Å². The summed E-state index contributed by atoms with van der Waals surface area (Å²) < 4.78 is 10.5. The van der Waals surface area contributed by atoms with Crippen molar-refractivity contribution in [1.29, 1.82) is 0 Å². The average molecular weight is 323 g/mol. The molecule has 0 saturated carbocycles. The van der Waals surface area contributed by atoms with Crippen LogP contribution < -0.4 is 25.4 Å². The van der Waals surface area contributed by atoms with Gasteiger partial charge >= 0.3 is 0 Å². The summed E-state index contributed by atoms with van der Waals surface area (Å²) in [5.41, 5.74) is 0.787. The Morgan fingerprint density at radius 3 is 2.39 bits per heavy atom. The molecule has 3 N–H and O–H groups in total. The molecule has 7 heteroatoms. The maximum absolute atomic E-state index is 12.2. The monoisotopic (exact) mass is 323 g/mol. The third kappa shape index (κ3) is 5.78. The predicted molar refractivity (Wildman–Crippen MR) is 89.3 cm³/mol. The minimum Gasteiger partial charge on any atom is -0.493 e. The van der Waals surface area contributed by atoms with Crippen LogP contribution in [0.1, 0.15) is 30.6 Å². The van der Waals surface area contributed by atoms with Gasteiger partial charge in [0.05, 0.1) is 19.9 Å². The lowest BCUT2D eigenvalue weighted by Crippen LogP contribution is -2.32. The zero-order chi connectivity index (χ0) is 17.2. The standard InChI is InChI=1S/C16H25N3O4/c1-5-6-17-7-8-18-16(21)12-9-13(19-11(2)20)15(23-4)14(10-12)22-3/h9-10,17H,5-8H2,1-4H3,(H,18,21)(H,19,20). The summed E-state index contributed by atoms with van der Waals surface area (Å²) in [5.74, 6) is 0.263. The normalized spacial score (nSPS) is 10.1. The van der Waals surface area contributed by atoms with Gasteiger partial charge in [-0.2, -0.15) is 0 Å². The van der Waals surface area contributed by atoms with Gasteiger partial charge in [0.15, 0.2) is 11.5 Å². The van der Waals surface area contributed by atoms with E-state index in [9.17, 15) is 9.59 Å². The first-order valence-electron chi connectivity index (χ1n) is 7.56. The fraction of sp³-hybridized carbons (Fsp3) is 0.500. The molecule has 0 aromatic heterocycles. The van der Waals surface area contributed by atoms with Crippen LogP contribution in [0.3, 0.4) is 0 Å². The van der Waals surface area contributed by atoms with Gasteiger partial charge < -0.3 is 25.4 Å². The van der Waals surface area contributed by atoms with Gasteiger partial charge in [0.2, 0.25) is 5.91 Å². The Balaban J connectivity index is 2.88. The molecule has 0 atom stereocenters. The van der Waals surface area contributed by atoms with Crippen LogP contribution in [-0.4, -0.2) is 45.7 Å². The average Bonchev–Trinajstić information content (AvgIpc) is 2.53. The molecule has 1 aromatic carbocycles. The van der Waals surface area contributed by atoms with E-state index in [4.69, 9.17) is 9.47 Å². The lowest BCUT2D eigenvalue weighted by atomic mass is 10.1. The first-order chi connectivity index (χ1) is 11.0. The van der Waals surface area contributed by atoms with Crippen molar-refractivity contribution < 1.29 is 19.1 Å². The largest absolute Gasteiger partial charge is 0.493 e. The van der Waals surface area contributed by atoms with Crippen molar-refractivity contribution in [1.82, 2.24) is 10.6 Å². The SMILES string of the molecule is CCCNCCNC(=O)c1cc(NC(C)=O)c(OC)c(OC)c1. The maximum Gasteiger partial charge on any atom is 0.251 e.